The molecule has 0 aromatic rings. The summed E-state index contributed by atoms with van der Waals surface area (Å²) in [6.07, 6.45) is 2.91. The average Bonchev–Trinajstić information content (AvgIpc) is 2.66. The monoisotopic (exact) mass is 178 g/mol. The van der Waals surface area contributed by atoms with Crippen LogP contribution in [-0.4, -0.2) is 10.6 Å². The van der Waals surface area contributed by atoms with Crippen LogP contribution in [0.3, 0.4) is 0 Å². The fourth-order valence-corrected chi connectivity index (χ4v) is 2.21. The number of hydrogen-bond acceptors (Lipinski definition) is 1. The Morgan fingerprint density at radius 3 is 2.40 bits per heavy atom. The van der Waals surface area contributed by atoms with Crippen molar-refractivity contribution in [2.24, 2.45) is 17.8 Å². The number of hydrogen-bond donors (Lipinski definition) is 0. The molecule has 56 valence electrons. The minimum absolute atomic E-state index is 0.268. The molecule has 0 aromatic carbocycles. The number of carbonyl (C=O) groups excluding carboxylic acids is 1. The lowest BCUT2D eigenvalue weighted by molar-refractivity contribution is -0.109. The molecule has 2 rings (SSSR count). The molecule has 0 bridgehead atoms. The fraction of sp³-hybridized carbons (Fsp3) is 0.857. The van der Waals surface area contributed by atoms with Crippen LogP contribution in [0.2, 0.25) is 0 Å². The Morgan fingerprint density at radius 1 is 1.50 bits per heavy atom. The highest BCUT2D eigenvalue weighted by atomic mass is 35.5. The van der Waals surface area contributed by atoms with Crippen molar-refractivity contribution in [3.63, 3.8) is 0 Å². The molecule has 3 heteroatoms. The molecule has 0 aliphatic heterocycles. The SMILES string of the molecule is O=C[C@@H]1C[C@@H]1[C@@H]1CC1(Cl)Cl. The van der Waals surface area contributed by atoms with E-state index in [0.717, 1.165) is 19.1 Å². The van der Waals surface area contributed by atoms with Crippen LogP contribution >= 0.6 is 23.2 Å². The van der Waals surface area contributed by atoms with Crippen molar-refractivity contribution < 1.29 is 4.79 Å². The molecule has 0 amide bonds. The van der Waals surface area contributed by atoms with E-state index in [4.69, 9.17) is 23.2 Å². The Balaban J connectivity index is 1.90. The number of carbonyl (C=O) groups is 1. The molecule has 0 unspecified atom stereocenters. The van der Waals surface area contributed by atoms with E-state index in [1.165, 1.54) is 0 Å². The van der Waals surface area contributed by atoms with Gasteiger partial charge in [0.25, 0.3) is 0 Å². The van der Waals surface area contributed by atoms with Crippen molar-refractivity contribution in [3.8, 4) is 0 Å². The van der Waals surface area contributed by atoms with Gasteiger partial charge in [0.05, 0.1) is 0 Å². The number of alkyl halides is 2. The highest BCUT2D eigenvalue weighted by Crippen LogP contribution is 2.64. The van der Waals surface area contributed by atoms with Crippen LogP contribution in [-0.2, 0) is 4.79 Å². The molecule has 0 N–H and O–H groups in total. The van der Waals surface area contributed by atoms with E-state index in [2.05, 4.69) is 0 Å². The standard InChI is InChI=1S/C7H8Cl2O/c8-7(9)2-6(7)5-1-4(5)3-10/h3-6H,1-2H2/t4-,5-,6-/m0/s1. The van der Waals surface area contributed by atoms with Gasteiger partial charge in [-0.05, 0) is 24.7 Å². The maximum absolute atomic E-state index is 10.2. The second kappa shape index (κ2) is 1.89. The number of halogens is 2. The summed E-state index contributed by atoms with van der Waals surface area (Å²) in [6, 6.07) is 0. The molecule has 0 radical (unpaired) electrons. The smallest absolute Gasteiger partial charge is 0.123 e. The van der Waals surface area contributed by atoms with Crippen molar-refractivity contribution >= 4 is 29.5 Å². The third-order valence-corrected chi connectivity index (χ3v) is 3.33. The first-order chi connectivity index (χ1) is 4.65. The van der Waals surface area contributed by atoms with E-state index in [-0.39, 0.29) is 5.92 Å². The van der Waals surface area contributed by atoms with Gasteiger partial charge in [0, 0.05) is 5.92 Å². The second-order valence-electron chi connectivity index (χ2n) is 3.27. The van der Waals surface area contributed by atoms with Gasteiger partial charge in [-0.1, -0.05) is 0 Å². The van der Waals surface area contributed by atoms with Crippen LogP contribution in [0.5, 0.6) is 0 Å². The molecule has 2 aliphatic carbocycles. The summed E-state index contributed by atoms with van der Waals surface area (Å²) in [5.74, 6) is 1.18. The first-order valence-corrected chi connectivity index (χ1v) is 4.24. The molecule has 3 atom stereocenters. The fourth-order valence-electron chi connectivity index (χ4n) is 1.55. The molecule has 2 saturated carbocycles. The molecule has 1 nitrogen and oxygen atoms in total. The zero-order valence-corrected chi connectivity index (χ0v) is 6.90. The van der Waals surface area contributed by atoms with Crippen LogP contribution in [0, 0.1) is 17.8 Å². The predicted molar refractivity (Wildman–Crippen MR) is 40.2 cm³/mol. The molecular weight excluding hydrogens is 171 g/mol. The largest absolute Gasteiger partial charge is 0.303 e. The minimum atomic E-state index is -0.484. The molecule has 0 spiro atoms. The highest BCUT2D eigenvalue weighted by Gasteiger charge is 2.61. The van der Waals surface area contributed by atoms with Crippen molar-refractivity contribution in [1.29, 1.82) is 0 Å². The first-order valence-electron chi connectivity index (χ1n) is 3.48. The molecular formula is C7H8Cl2O. The molecule has 2 aliphatic rings. The minimum Gasteiger partial charge on any atom is -0.303 e. The normalized spacial score (nSPS) is 48.4. The first kappa shape index (κ1) is 6.93. The van der Waals surface area contributed by atoms with Crippen molar-refractivity contribution in [2.45, 2.75) is 17.2 Å². The summed E-state index contributed by atoms with van der Waals surface area (Å²) in [5, 5.41) is 0. The van der Waals surface area contributed by atoms with E-state index in [9.17, 15) is 4.79 Å². The summed E-state index contributed by atoms with van der Waals surface area (Å²) in [6.45, 7) is 0. The maximum Gasteiger partial charge on any atom is 0.123 e. The van der Waals surface area contributed by atoms with Crippen molar-refractivity contribution in [1.82, 2.24) is 0 Å². The van der Waals surface area contributed by atoms with Gasteiger partial charge < -0.3 is 4.79 Å². The summed E-state index contributed by atoms with van der Waals surface area (Å²) in [5.41, 5.74) is 0. The highest BCUT2D eigenvalue weighted by molar-refractivity contribution is 6.50. The van der Waals surface area contributed by atoms with Crippen molar-refractivity contribution in [3.05, 3.63) is 0 Å². The van der Waals surface area contributed by atoms with Crippen LogP contribution in [0.4, 0.5) is 0 Å². The molecule has 0 heterocycles. The van der Waals surface area contributed by atoms with Gasteiger partial charge in [0.1, 0.15) is 10.6 Å². The third kappa shape index (κ3) is 0.960. The van der Waals surface area contributed by atoms with Gasteiger partial charge >= 0.3 is 0 Å². The van der Waals surface area contributed by atoms with Gasteiger partial charge in [-0.15, -0.1) is 23.2 Å². The predicted octanol–water partition coefficient (Wildman–Crippen LogP) is 2.02. The molecule has 0 aromatic heterocycles. The zero-order valence-electron chi connectivity index (χ0n) is 5.39. The Bertz CT molecular complexity index is 178. The van der Waals surface area contributed by atoms with E-state index < -0.39 is 4.33 Å². The van der Waals surface area contributed by atoms with E-state index in [0.29, 0.717) is 11.8 Å². The van der Waals surface area contributed by atoms with Crippen LogP contribution < -0.4 is 0 Å². The Morgan fingerprint density at radius 2 is 2.10 bits per heavy atom. The summed E-state index contributed by atoms with van der Waals surface area (Å²) < 4.78 is -0.484. The van der Waals surface area contributed by atoms with Gasteiger partial charge in [0.15, 0.2) is 0 Å². The molecule has 0 saturated heterocycles. The van der Waals surface area contributed by atoms with E-state index in [1.807, 2.05) is 0 Å². The van der Waals surface area contributed by atoms with Gasteiger partial charge in [-0.25, -0.2) is 0 Å². The topological polar surface area (TPSA) is 17.1 Å². The van der Waals surface area contributed by atoms with E-state index in [1.54, 1.807) is 0 Å². The number of aldehydes is 1. The summed E-state index contributed by atoms with van der Waals surface area (Å²) >= 11 is 11.6. The average molecular weight is 179 g/mol. The summed E-state index contributed by atoms with van der Waals surface area (Å²) in [4.78, 5) is 10.2. The lowest BCUT2D eigenvalue weighted by Gasteiger charge is -1.93. The Labute approximate surface area is 69.7 Å². The molecule has 2 fully saturated rings. The quantitative estimate of drug-likeness (QED) is 0.468. The van der Waals surface area contributed by atoms with Crippen molar-refractivity contribution in [2.75, 3.05) is 0 Å². The van der Waals surface area contributed by atoms with E-state index >= 15 is 0 Å². The van der Waals surface area contributed by atoms with Gasteiger partial charge in [0.2, 0.25) is 0 Å². The van der Waals surface area contributed by atoms with Crippen LogP contribution in [0.1, 0.15) is 12.8 Å². The Kier molecular flexibility index (Phi) is 1.31. The van der Waals surface area contributed by atoms with Gasteiger partial charge in [-0.3, -0.25) is 0 Å². The van der Waals surface area contributed by atoms with Crippen LogP contribution in [0.25, 0.3) is 0 Å². The number of rotatable bonds is 2. The Hall–Kier alpha value is 0.250. The third-order valence-electron chi connectivity index (χ3n) is 2.46. The van der Waals surface area contributed by atoms with Gasteiger partial charge in [-0.2, -0.15) is 0 Å². The maximum atomic E-state index is 10.2. The second-order valence-corrected chi connectivity index (χ2v) is 4.81. The van der Waals surface area contributed by atoms with Crippen LogP contribution in [0.15, 0.2) is 0 Å². The lowest BCUT2D eigenvalue weighted by atomic mass is 10.2. The zero-order chi connectivity index (χ0) is 7.35. The lowest BCUT2D eigenvalue weighted by Crippen LogP contribution is -1.94. The molecule has 10 heavy (non-hydrogen) atoms. The summed E-state index contributed by atoms with van der Waals surface area (Å²) in [7, 11) is 0.